The third kappa shape index (κ3) is 5.06. The van der Waals surface area contributed by atoms with E-state index in [1.807, 2.05) is 6.07 Å². The van der Waals surface area contributed by atoms with Crippen LogP contribution in [-0.4, -0.2) is 18.1 Å². The van der Waals surface area contributed by atoms with Crippen LogP contribution < -0.4 is 10.1 Å². The van der Waals surface area contributed by atoms with Gasteiger partial charge in [-0.25, -0.2) is 4.98 Å². The second kappa shape index (κ2) is 8.05. The molecule has 0 aliphatic rings. The van der Waals surface area contributed by atoms with E-state index in [1.165, 1.54) is 10.5 Å². The van der Waals surface area contributed by atoms with E-state index < -0.39 is 0 Å². The first-order valence-electron chi connectivity index (χ1n) is 7.12. The number of hydrogen-bond donors (Lipinski definition) is 1. The number of rotatable bonds is 7. The normalized spacial score (nSPS) is 10.9. The lowest BCUT2D eigenvalue weighted by Gasteiger charge is -2.10. The lowest BCUT2D eigenvalue weighted by atomic mass is 10.2. The number of aromatic nitrogens is 1. The largest absolute Gasteiger partial charge is 0.481 e. The zero-order chi connectivity index (χ0) is 15.1. The highest BCUT2D eigenvalue weighted by Gasteiger charge is 2.04. The molecule has 1 aromatic carbocycles. The molecule has 2 aromatic rings. The molecule has 0 saturated heterocycles. The molecule has 0 fully saturated rings. The average molecular weight is 302 g/mol. The molecule has 1 aromatic heterocycles. The molecule has 0 unspecified atom stereocenters. The van der Waals surface area contributed by atoms with Crippen LogP contribution >= 0.6 is 11.8 Å². The number of methoxy groups -OCH3 is 1. The van der Waals surface area contributed by atoms with E-state index in [0.29, 0.717) is 11.9 Å². The first-order valence-corrected chi connectivity index (χ1v) is 8.10. The van der Waals surface area contributed by atoms with Crippen LogP contribution in [0.4, 0.5) is 0 Å². The monoisotopic (exact) mass is 302 g/mol. The van der Waals surface area contributed by atoms with Gasteiger partial charge < -0.3 is 10.1 Å². The van der Waals surface area contributed by atoms with Crippen LogP contribution in [-0.2, 0) is 12.3 Å². The van der Waals surface area contributed by atoms with Crippen molar-refractivity contribution in [3.05, 3.63) is 53.7 Å². The van der Waals surface area contributed by atoms with Gasteiger partial charge in [0, 0.05) is 35.0 Å². The number of benzene rings is 1. The Morgan fingerprint density at radius 1 is 1.24 bits per heavy atom. The summed E-state index contributed by atoms with van der Waals surface area (Å²) in [4.78, 5) is 5.50. The van der Waals surface area contributed by atoms with Crippen molar-refractivity contribution in [3.63, 3.8) is 0 Å². The van der Waals surface area contributed by atoms with Gasteiger partial charge in [-0.05, 0) is 23.8 Å². The molecule has 3 nitrogen and oxygen atoms in total. The Kier molecular flexibility index (Phi) is 6.08. The van der Waals surface area contributed by atoms with Gasteiger partial charge >= 0.3 is 0 Å². The van der Waals surface area contributed by atoms with E-state index >= 15 is 0 Å². The van der Waals surface area contributed by atoms with Crippen molar-refractivity contribution in [2.45, 2.75) is 37.1 Å². The Bertz CT molecular complexity index is 572. The van der Waals surface area contributed by atoms with Crippen LogP contribution in [0.25, 0.3) is 0 Å². The zero-order valence-electron chi connectivity index (χ0n) is 12.8. The number of nitrogens with one attached hydrogen (secondary N) is 1. The van der Waals surface area contributed by atoms with Crippen LogP contribution in [0, 0.1) is 0 Å². The molecule has 1 heterocycles. The van der Waals surface area contributed by atoms with Gasteiger partial charge in [0.2, 0.25) is 5.88 Å². The van der Waals surface area contributed by atoms with Gasteiger partial charge in [0.25, 0.3) is 0 Å². The SMILES string of the molecule is COc1ncccc1CSc1cccc(CNC(C)C)c1. The van der Waals surface area contributed by atoms with Crippen LogP contribution in [0.2, 0.25) is 0 Å². The van der Waals surface area contributed by atoms with Crippen molar-refractivity contribution in [1.82, 2.24) is 10.3 Å². The molecule has 1 N–H and O–H groups in total. The van der Waals surface area contributed by atoms with E-state index in [-0.39, 0.29) is 0 Å². The molecule has 2 rings (SSSR count). The van der Waals surface area contributed by atoms with Crippen molar-refractivity contribution in [3.8, 4) is 5.88 Å². The number of ether oxygens (including phenoxy) is 1. The van der Waals surface area contributed by atoms with Gasteiger partial charge in [-0.2, -0.15) is 0 Å². The fourth-order valence-electron chi connectivity index (χ4n) is 1.95. The highest BCUT2D eigenvalue weighted by Crippen LogP contribution is 2.27. The summed E-state index contributed by atoms with van der Waals surface area (Å²) in [6.07, 6.45) is 1.76. The van der Waals surface area contributed by atoms with E-state index in [2.05, 4.69) is 54.5 Å². The fourth-order valence-corrected chi connectivity index (χ4v) is 2.90. The number of pyridine rings is 1. The van der Waals surface area contributed by atoms with Gasteiger partial charge in [0.1, 0.15) is 0 Å². The summed E-state index contributed by atoms with van der Waals surface area (Å²) in [6, 6.07) is 13.2. The van der Waals surface area contributed by atoms with Crippen LogP contribution in [0.5, 0.6) is 5.88 Å². The van der Waals surface area contributed by atoms with Crippen molar-refractivity contribution in [2.24, 2.45) is 0 Å². The molecular formula is C17H22N2OS. The molecule has 0 amide bonds. The van der Waals surface area contributed by atoms with Gasteiger partial charge in [0.05, 0.1) is 7.11 Å². The summed E-state index contributed by atoms with van der Waals surface area (Å²) in [5.41, 5.74) is 2.43. The molecule has 0 aliphatic carbocycles. The van der Waals surface area contributed by atoms with Crippen LogP contribution in [0.1, 0.15) is 25.0 Å². The summed E-state index contributed by atoms with van der Waals surface area (Å²) < 4.78 is 5.29. The molecule has 0 radical (unpaired) electrons. The standard InChI is InChI=1S/C17H22N2OS/c1-13(2)19-11-14-6-4-8-16(10-14)21-12-15-7-5-9-18-17(15)20-3/h4-10,13,19H,11-12H2,1-3H3. The molecule has 0 atom stereocenters. The maximum atomic E-state index is 5.29. The summed E-state index contributed by atoms with van der Waals surface area (Å²) in [7, 11) is 1.66. The average Bonchev–Trinajstić information content (AvgIpc) is 2.51. The predicted octanol–water partition coefficient (Wildman–Crippen LogP) is 3.88. The Morgan fingerprint density at radius 2 is 2.10 bits per heavy atom. The van der Waals surface area contributed by atoms with Gasteiger partial charge in [0.15, 0.2) is 0 Å². The molecular weight excluding hydrogens is 280 g/mol. The Hall–Kier alpha value is -1.52. The summed E-state index contributed by atoms with van der Waals surface area (Å²) in [5.74, 6) is 1.57. The fraction of sp³-hybridized carbons (Fsp3) is 0.353. The van der Waals surface area contributed by atoms with Crippen molar-refractivity contribution < 1.29 is 4.74 Å². The number of thioether (sulfide) groups is 1. The molecule has 21 heavy (non-hydrogen) atoms. The zero-order valence-corrected chi connectivity index (χ0v) is 13.6. The van der Waals surface area contributed by atoms with Gasteiger partial charge in [-0.15, -0.1) is 11.8 Å². The lowest BCUT2D eigenvalue weighted by Crippen LogP contribution is -2.21. The maximum Gasteiger partial charge on any atom is 0.217 e. The van der Waals surface area contributed by atoms with E-state index in [0.717, 1.165) is 17.9 Å². The van der Waals surface area contributed by atoms with E-state index in [4.69, 9.17) is 4.74 Å². The smallest absolute Gasteiger partial charge is 0.217 e. The van der Waals surface area contributed by atoms with Crippen molar-refractivity contribution in [1.29, 1.82) is 0 Å². The lowest BCUT2D eigenvalue weighted by molar-refractivity contribution is 0.394. The van der Waals surface area contributed by atoms with Crippen molar-refractivity contribution in [2.75, 3.05) is 7.11 Å². The van der Waals surface area contributed by atoms with Gasteiger partial charge in [-0.1, -0.05) is 32.0 Å². The van der Waals surface area contributed by atoms with Crippen LogP contribution in [0.3, 0.4) is 0 Å². The first kappa shape index (κ1) is 15.9. The van der Waals surface area contributed by atoms with Crippen molar-refractivity contribution >= 4 is 11.8 Å². The highest BCUT2D eigenvalue weighted by molar-refractivity contribution is 7.98. The molecule has 4 heteroatoms. The maximum absolute atomic E-state index is 5.29. The summed E-state index contributed by atoms with van der Waals surface area (Å²) in [5, 5.41) is 3.44. The number of nitrogens with zero attached hydrogens (tertiary/aromatic N) is 1. The Balaban J connectivity index is 1.98. The van der Waals surface area contributed by atoms with Gasteiger partial charge in [-0.3, -0.25) is 0 Å². The minimum Gasteiger partial charge on any atom is -0.481 e. The summed E-state index contributed by atoms with van der Waals surface area (Å²) in [6.45, 7) is 5.23. The van der Waals surface area contributed by atoms with E-state index in [9.17, 15) is 0 Å². The minimum absolute atomic E-state index is 0.501. The Morgan fingerprint density at radius 3 is 2.86 bits per heavy atom. The Labute approximate surface area is 131 Å². The predicted molar refractivity (Wildman–Crippen MR) is 88.8 cm³/mol. The van der Waals surface area contributed by atoms with E-state index in [1.54, 1.807) is 25.1 Å². The highest BCUT2D eigenvalue weighted by atomic mass is 32.2. The second-order valence-electron chi connectivity index (χ2n) is 5.14. The minimum atomic E-state index is 0.501. The molecule has 0 saturated carbocycles. The topological polar surface area (TPSA) is 34.1 Å². The third-order valence-corrected chi connectivity index (χ3v) is 4.09. The third-order valence-electron chi connectivity index (χ3n) is 3.05. The molecule has 0 spiro atoms. The summed E-state index contributed by atoms with van der Waals surface area (Å²) >= 11 is 1.80. The second-order valence-corrected chi connectivity index (χ2v) is 6.19. The van der Waals surface area contributed by atoms with Crippen LogP contribution in [0.15, 0.2) is 47.5 Å². The first-order chi connectivity index (χ1) is 10.2. The molecule has 0 aliphatic heterocycles. The molecule has 112 valence electrons. The number of hydrogen-bond acceptors (Lipinski definition) is 4. The quantitative estimate of drug-likeness (QED) is 0.787. The molecule has 0 bridgehead atoms.